The maximum Gasteiger partial charge on any atom is 0.238 e. The van der Waals surface area contributed by atoms with E-state index in [1.54, 1.807) is 0 Å². The van der Waals surface area contributed by atoms with Crippen LogP contribution in [-0.2, 0) is 5.41 Å². The van der Waals surface area contributed by atoms with Crippen molar-refractivity contribution in [2.24, 2.45) is 0 Å². The van der Waals surface area contributed by atoms with Crippen molar-refractivity contribution in [2.45, 2.75) is 5.41 Å². The minimum absolute atomic E-state index is 0.525. The van der Waals surface area contributed by atoms with E-state index in [0.717, 1.165) is 88.4 Å². The lowest BCUT2D eigenvalue weighted by atomic mass is 9.67. The molecule has 0 radical (unpaired) electrons. The van der Waals surface area contributed by atoms with Gasteiger partial charge in [0, 0.05) is 38.4 Å². The molecule has 0 bridgehead atoms. The third-order valence-electron chi connectivity index (χ3n) is 13.3. The average molecular weight is 829 g/mol. The summed E-state index contributed by atoms with van der Waals surface area (Å²) in [6.45, 7) is 0. The van der Waals surface area contributed by atoms with Gasteiger partial charge in [-0.15, -0.1) is 0 Å². The molecule has 0 amide bonds. The van der Waals surface area contributed by atoms with Gasteiger partial charge in [-0.1, -0.05) is 176 Å². The summed E-state index contributed by atoms with van der Waals surface area (Å²) in [6, 6.07) is 78.9. The van der Waals surface area contributed by atoms with Gasteiger partial charge in [-0.2, -0.15) is 15.2 Å². The van der Waals surface area contributed by atoms with E-state index in [2.05, 4.69) is 209 Å². The molecule has 0 fully saturated rings. The molecule has 302 valence electrons. The van der Waals surface area contributed by atoms with Crippen LogP contribution in [0.15, 0.2) is 218 Å². The van der Waals surface area contributed by atoms with Gasteiger partial charge in [0.15, 0.2) is 11.6 Å². The summed E-state index contributed by atoms with van der Waals surface area (Å²) in [5.41, 5.74) is 13.6. The van der Waals surface area contributed by atoms with Crippen LogP contribution in [0.4, 0.5) is 0 Å². The highest BCUT2D eigenvalue weighted by atomic mass is 15.2. The summed E-state index contributed by atoms with van der Waals surface area (Å²) in [7, 11) is 0. The van der Waals surface area contributed by atoms with Crippen molar-refractivity contribution in [1.29, 1.82) is 5.26 Å². The SMILES string of the molecule is N#Cc1ccc2c(c1)C(c1ccccc1)(c1ccccc1)c1cc(-c3nc(-c4ccccc4)nc(-n4c5ccccc5c5ccc6c7ccccc7n(-c7ccccc7)c6c54)n3)ccc1-2. The van der Waals surface area contributed by atoms with Gasteiger partial charge in [-0.05, 0) is 75.8 Å². The minimum atomic E-state index is -0.725. The summed E-state index contributed by atoms with van der Waals surface area (Å²) in [5, 5.41) is 14.8. The second kappa shape index (κ2) is 14.3. The number of rotatable bonds is 6. The predicted octanol–water partition coefficient (Wildman–Crippen LogP) is 13.6. The van der Waals surface area contributed by atoms with Crippen LogP contribution < -0.4 is 0 Å². The number of para-hydroxylation sites is 3. The molecule has 13 rings (SSSR count). The number of hydrogen-bond donors (Lipinski definition) is 0. The first-order valence-corrected chi connectivity index (χ1v) is 21.8. The Morgan fingerprint density at radius 3 is 1.51 bits per heavy atom. The van der Waals surface area contributed by atoms with Gasteiger partial charge in [0.25, 0.3) is 0 Å². The van der Waals surface area contributed by atoms with Gasteiger partial charge in [0.2, 0.25) is 5.95 Å². The van der Waals surface area contributed by atoms with Crippen molar-refractivity contribution in [3.05, 3.63) is 246 Å². The third kappa shape index (κ3) is 5.36. The van der Waals surface area contributed by atoms with Gasteiger partial charge in [0.05, 0.1) is 39.1 Å². The number of aromatic nitrogens is 5. The van der Waals surface area contributed by atoms with Crippen LogP contribution in [0.25, 0.3) is 89.2 Å². The van der Waals surface area contributed by atoms with E-state index in [1.165, 1.54) is 5.39 Å². The second-order valence-electron chi connectivity index (χ2n) is 16.7. The highest BCUT2D eigenvalue weighted by molar-refractivity contribution is 6.23. The maximum absolute atomic E-state index is 10.2. The number of nitriles is 1. The fourth-order valence-electron chi connectivity index (χ4n) is 10.6. The summed E-state index contributed by atoms with van der Waals surface area (Å²) < 4.78 is 4.62. The molecule has 3 heterocycles. The van der Waals surface area contributed by atoms with E-state index in [9.17, 15) is 5.26 Å². The lowest BCUT2D eigenvalue weighted by Crippen LogP contribution is -2.28. The van der Waals surface area contributed by atoms with Crippen molar-refractivity contribution in [2.75, 3.05) is 0 Å². The first kappa shape index (κ1) is 36.7. The van der Waals surface area contributed by atoms with Crippen molar-refractivity contribution >= 4 is 43.6 Å². The van der Waals surface area contributed by atoms with Crippen LogP contribution in [0.1, 0.15) is 27.8 Å². The zero-order chi connectivity index (χ0) is 43.1. The lowest BCUT2D eigenvalue weighted by molar-refractivity contribution is 0.768. The first-order valence-electron chi connectivity index (χ1n) is 21.8. The molecule has 1 aliphatic carbocycles. The van der Waals surface area contributed by atoms with Gasteiger partial charge >= 0.3 is 0 Å². The van der Waals surface area contributed by atoms with E-state index in [4.69, 9.17) is 15.0 Å². The van der Waals surface area contributed by atoms with Crippen molar-refractivity contribution in [3.8, 4) is 51.6 Å². The molecule has 0 spiro atoms. The molecule has 0 saturated heterocycles. The van der Waals surface area contributed by atoms with Gasteiger partial charge in [0.1, 0.15) is 0 Å². The van der Waals surface area contributed by atoms with Crippen LogP contribution >= 0.6 is 0 Å². The molecule has 0 saturated carbocycles. The van der Waals surface area contributed by atoms with E-state index < -0.39 is 5.41 Å². The van der Waals surface area contributed by atoms with Crippen molar-refractivity contribution in [3.63, 3.8) is 0 Å². The molecule has 0 aliphatic heterocycles. The zero-order valence-corrected chi connectivity index (χ0v) is 35.0. The Kier molecular flexibility index (Phi) is 8.08. The molecule has 1 aliphatic rings. The first-order chi connectivity index (χ1) is 32.2. The molecule has 9 aromatic carbocycles. The van der Waals surface area contributed by atoms with Crippen molar-refractivity contribution in [1.82, 2.24) is 24.1 Å². The number of fused-ring (bicyclic) bond motifs is 10. The van der Waals surface area contributed by atoms with Crippen LogP contribution in [0.5, 0.6) is 0 Å². The third-order valence-corrected chi connectivity index (χ3v) is 13.3. The van der Waals surface area contributed by atoms with Crippen LogP contribution in [0, 0.1) is 11.3 Å². The lowest BCUT2D eigenvalue weighted by Gasteiger charge is -2.34. The Morgan fingerprint density at radius 1 is 0.400 bits per heavy atom. The van der Waals surface area contributed by atoms with E-state index in [0.29, 0.717) is 23.2 Å². The molecule has 0 unspecified atom stereocenters. The quantitative estimate of drug-likeness (QED) is 0.167. The molecule has 6 nitrogen and oxygen atoms in total. The molecular weight excluding hydrogens is 793 g/mol. The average Bonchev–Trinajstić information content (AvgIpc) is 4.01. The summed E-state index contributed by atoms with van der Waals surface area (Å²) in [6.07, 6.45) is 0. The van der Waals surface area contributed by atoms with Crippen LogP contribution in [-0.4, -0.2) is 24.1 Å². The Hall–Kier alpha value is -8.92. The highest BCUT2D eigenvalue weighted by Gasteiger charge is 2.46. The summed E-state index contributed by atoms with van der Waals surface area (Å²) in [4.78, 5) is 16.2. The predicted molar refractivity (Wildman–Crippen MR) is 261 cm³/mol. The fourth-order valence-corrected chi connectivity index (χ4v) is 10.6. The normalized spacial score (nSPS) is 12.7. The highest BCUT2D eigenvalue weighted by Crippen LogP contribution is 2.57. The topological polar surface area (TPSA) is 72.3 Å². The number of benzene rings is 9. The Labute approximate surface area is 374 Å². The minimum Gasteiger partial charge on any atom is -0.307 e. The zero-order valence-electron chi connectivity index (χ0n) is 35.0. The maximum atomic E-state index is 10.2. The Balaban J connectivity index is 1.13. The molecule has 3 aromatic heterocycles. The Bertz CT molecular complexity index is 3840. The van der Waals surface area contributed by atoms with Crippen LogP contribution in [0.2, 0.25) is 0 Å². The largest absolute Gasteiger partial charge is 0.307 e. The van der Waals surface area contributed by atoms with E-state index in [-0.39, 0.29) is 0 Å². The Morgan fingerprint density at radius 2 is 0.892 bits per heavy atom. The molecular formula is C59H36N6. The smallest absolute Gasteiger partial charge is 0.238 e. The fraction of sp³-hybridized carbons (Fsp3) is 0.0169. The number of hydrogen-bond acceptors (Lipinski definition) is 4. The molecule has 0 atom stereocenters. The van der Waals surface area contributed by atoms with Gasteiger partial charge in [-0.3, -0.25) is 4.57 Å². The molecule has 12 aromatic rings. The number of nitrogens with zero attached hydrogens (tertiary/aromatic N) is 6. The van der Waals surface area contributed by atoms with Crippen LogP contribution in [0.3, 0.4) is 0 Å². The monoisotopic (exact) mass is 828 g/mol. The van der Waals surface area contributed by atoms with Gasteiger partial charge < -0.3 is 4.57 Å². The molecule has 0 N–H and O–H groups in total. The van der Waals surface area contributed by atoms with E-state index in [1.807, 2.05) is 24.3 Å². The summed E-state index contributed by atoms with van der Waals surface area (Å²) >= 11 is 0. The second-order valence-corrected chi connectivity index (χ2v) is 16.7. The van der Waals surface area contributed by atoms with Gasteiger partial charge in [-0.25, -0.2) is 4.98 Å². The molecule has 6 heteroatoms. The molecule has 65 heavy (non-hydrogen) atoms. The standard InChI is InChI=1S/C59H36N6/c60-37-38-29-31-44-45-32-30-40(36-51(45)59(50(44)35-38,41-19-7-2-8-20-41)42-21-9-3-10-22-42)57-61-56(39-17-5-1-6-18-39)62-58(63-57)65-53-28-16-14-26-47(53)49-34-33-48-46-25-13-15-27-52(46)64(54(48)55(49)65)43-23-11-4-12-24-43/h1-36H. The van der Waals surface area contributed by atoms with Crippen molar-refractivity contribution < 1.29 is 0 Å². The van der Waals surface area contributed by atoms with E-state index >= 15 is 0 Å². The summed E-state index contributed by atoms with van der Waals surface area (Å²) in [5.74, 6) is 1.66.